The standard InChI is InChI=1S/C16H24N4O3S/c1-12-5-6-15(23-12)16-14(11-18-20-16)10-17-7-8-24(21,22)19-9-13-3-2-4-13/h5-6,11,13,17,19H,2-4,7-10H2,1H3,(H,18,20). The van der Waals surface area contributed by atoms with E-state index in [0.717, 1.165) is 35.6 Å². The van der Waals surface area contributed by atoms with Gasteiger partial charge in [-0.1, -0.05) is 6.42 Å². The average Bonchev–Trinajstić information content (AvgIpc) is 3.10. The molecule has 2 aromatic rings. The number of H-pyrrole nitrogens is 1. The first-order valence-electron chi connectivity index (χ1n) is 8.30. The van der Waals surface area contributed by atoms with Crippen LogP contribution in [0.15, 0.2) is 22.7 Å². The van der Waals surface area contributed by atoms with E-state index in [0.29, 0.717) is 25.6 Å². The molecule has 132 valence electrons. The molecule has 1 aliphatic rings. The summed E-state index contributed by atoms with van der Waals surface area (Å²) in [7, 11) is -3.21. The minimum absolute atomic E-state index is 0.0762. The molecule has 0 unspecified atom stereocenters. The first-order chi connectivity index (χ1) is 11.5. The Labute approximate surface area is 142 Å². The minimum atomic E-state index is -3.21. The van der Waals surface area contributed by atoms with E-state index in [1.807, 2.05) is 19.1 Å². The van der Waals surface area contributed by atoms with E-state index in [4.69, 9.17) is 4.42 Å². The third kappa shape index (κ3) is 4.46. The van der Waals surface area contributed by atoms with Gasteiger partial charge in [-0.2, -0.15) is 5.10 Å². The Bertz CT molecular complexity index is 762. The summed E-state index contributed by atoms with van der Waals surface area (Å²) in [6, 6.07) is 3.79. The lowest BCUT2D eigenvalue weighted by molar-refractivity contribution is 0.316. The summed E-state index contributed by atoms with van der Waals surface area (Å²) in [6.07, 6.45) is 5.21. The highest BCUT2D eigenvalue weighted by molar-refractivity contribution is 7.89. The number of aromatic amines is 1. The molecule has 3 rings (SSSR count). The van der Waals surface area contributed by atoms with Crippen molar-refractivity contribution in [2.24, 2.45) is 5.92 Å². The molecule has 0 radical (unpaired) electrons. The molecule has 0 spiro atoms. The zero-order chi connectivity index (χ0) is 17.0. The summed E-state index contributed by atoms with van der Waals surface area (Å²) < 4.78 is 32.2. The van der Waals surface area contributed by atoms with Crippen molar-refractivity contribution in [3.8, 4) is 11.5 Å². The molecular weight excluding hydrogens is 328 g/mol. The molecule has 2 heterocycles. The van der Waals surface area contributed by atoms with Gasteiger partial charge in [-0.25, -0.2) is 13.1 Å². The number of nitrogens with one attached hydrogen (secondary N) is 3. The molecule has 0 atom stereocenters. The predicted octanol–water partition coefficient (Wildman–Crippen LogP) is 1.79. The van der Waals surface area contributed by atoms with Gasteiger partial charge < -0.3 is 9.73 Å². The van der Waals surface area contributed by atoms with Crippen LogP contribution in [0.25, 0.3) is 11.5 Å². The Kier molecular flexibility index (Phi) is 5.37. The minimum Gasteiger partial charge on any atom is -0.460 e. The number of nitrogens with zero attached hydrogens (tertiary/aromatic N) is 1. The predicted molar refractivity (Wildman–Crippen MR) is 91.9 cm³/mol. The van der Waals surface area contributed by atoms with Gasteiger partial charge in [0.15, 0.2) is 5.76 Å². The van der Waals surface area contributed by atoms with Crippen molar-refractivity contribution in [2.75, 3.05) is 18.8 Å². The van der Waals surface area contributed by atoms with E-state index >= 15 is 0 Å². The zero-order valence-corrected chi connectivity index (χ0v) is 14.7. The smallest absolute Gasteiger partial charge is 0.212 e. The Balaban J connectivity index is 1.44. The molecule has 7 nitrogen and oxygen atoms in total. The maximum absolute atomic E-state index is 11.9. The van der Waals surface area contributed by atoms with Crippen LogP contribution < -0.4 is 10.0 Å². The van der Waals surface area contributed by atoms with Crippen molar-refractivity contribution >= 4 is 10.0 Å². The number of sulfonamides is 1. The second-order valence-corrected chi connectivity index (χ2v) is 8.25. The van der Waals surface area contributed by atoms with Crippen molar-refractivity contribution < 1.29 is 12.8 Å². The van der Waals surface area contributed by atoms with E-state index in [-0.39, 0.29) is 5.75 Å². The highest BCUT2D eigenvalue weighted by atomic mass is 32.2. The molecular formula is C16H24N4O3S. The summed E-state index contributed by atoms with van der Waals surface area (Å²) in [6.45, 7) is 3.39. The van der Waals surface area contributed by atoms with Crippen LogP contribution in [0.5, 0.6) is 0 Å². The number of hydrogen-bond acceptors (Lipinski definition) is 5. The van der Waals surface area contributed by atoms with Crippen LogP contribution in [0.3, 0.4) is 0 Å². The van der Waals surface area contributed by atoms with Crippen molar-refractivity contribution in [2.45, 2.75) is 32.7 Å². The number of furan rings is 1. The van der Waals surface area contributed by atoms with Gasteiger partial charge in [-0.15, -0.1) is 0 Å². The van der Waals surface area contributed by atoms with Gasteiger partial charge in [0.2, 0.25) is 10.0 Å². The van der Waals surface area contributed by atoms with Crippen LogP contribution in [0.4, 0.5) is 0 Å². The number of rotatable bonds is 9. The topological polar surface area (TPSA) is 100 Å². The molecule has 0 saturated heterocycles. The summed E-state index contributed by atoms with van der Waals surface area (Å²) in [4.78, 5) is 0. The van der Waals surface area contributed by atoms with Gasteiger partial charge in [0.25, 0.3) is 0 Å². The van der Waals surface area contributed by atoms with Crippen LogP contribution in [0, 0.1) is 12.8 Å². The third-order valence-electron chi connectivity index (χ3n) is 4.38. The van der Waals surface area contributed by atoms with Crippen molar-refractivity contribution in [1.29, 1.82) is 0 Å². The molecule has 3 N–H and O–H groups in total. The lowest BCUT2D eigenvalue weighted by Gasteiger charge is -2.25. The molecule has 0 bridgehead atoms. The highest BCUT2D eigenvalue weighted by Crippen LogP contribution is 2.25. The van der Waals surface area contributed by atoms with Crippen LogP contribution >= 0.6 is 0 Å². The van der Waals surface area contributed by atoms with E-state index in [2.05, 4.69) is 20.2 Å². The summed E-state index contributed by atoms with van der Waals surface area (Å²) in [5.41, 5.74) is 1.77. The molecule has 0 amide bonds. The lowest BCUT2D eigenvalue weighted by Crippen LogP contribution is -2.36. The third-order valence-corrected chi connectivity index (χ3v) is 5.73. The van der Waals surface area contributed by atoms with Crippen LogP contribution in [0.1, 0.15) is 30.6 Å². The average molecular weight is 352 g/mol. The SMILES string of the molecule is Cc1ccc(-c2[nH]ncc2CNCCS(=O)(=O)NCC2CCC2)o1. The van der Waals surface area contributed by atoms with Gasteiger partial charge in [0.1, 0.15) is 11.5 Å². The number of aromatic nitrogens is 2. The fourth-order valence-electron chi connectivity index (χ4n) is 2.67. The Morgan fingerprint density at radius 1 is 1.38 bits per heavy atom. The van der Waals surface area contributed by atoms with Gasteiger partial charge in [0, 0.05) is 25.2 Å². The molecule has 8 heteroatoms. The number of aryl methyl sites for hydroxylation is 1. The highest BCUT2D eigenvalue weighted by Gasteiger charge is 2.20. The van der Waals surface area contributed by atoms with Gasteiger partial charge in [0.05, 0.1) is 11.9 Å². The fourth-order valence-corrected chi connectivity index (χ4v) is 3.72. The van der Waals surface area contributed by atoms with Crippen molar-refractivity contribution in [3.05, 3.63) is 29.7 Å². The van der Waals surface area contributed by atoms with Gasteiger partial charge in [-0.3, -0.25) is 5.10 Å². The Morgan fingerprint density at radius 3 is 2.88 bits per heavy atom. The number of hydrogen-bond donors (Lipinski definition) is 3. The maximum atomic E-state index is 11.9. The normalized spacial score (nSPS) is 15.5. The van der Waals surface area contributed by atoms with E-state index in [1.165, 1.54) is 6.42 Å². The van der Waals surface area contributed by atoms with Crippen LogP contribution in [-0.2, 0) is 16.6 Å². The summed E-state index contributed by atoms with van der Waals surface area (Å²) >= 11 is 0. The summed E-state index contributed by atoms with van der Waals surface area (Å²) in [5, 5.41) is 10.1. The molecule has 0 aromatic carbocycles. The monoisotopic (exact) mass is 352 g/mol. The van der Waals surface area contributed by atoms with Gasteiger partial charge >= 0.3 is 0 Å². The fraction of sp³-hybridized carbons (Fsp3) is 0.562. The van der Waals surface area contributed by atoms with E-state index in [1.54, 1.807) is 6.20 Å². The van der Waals surface area contributed by atoms with Crippen LogP contribution in [0.2, 0.25) is 0 Å². The van der Waals surface area contributed by atoms with Crippen molar-refractivity contribution in [3.63, 3.8) is 0 Å². The quantitative estimate of drug-likeness (QED) is 0.598. The maximum Gasteiger partial charge on any atom is 0.212 e. The van der Waals surface area contributed by atoms with Crippen LogP contribution in [-0.4, -0.2) is 37.5 Å². The molecule has 2 aromatic heterocycles. The Hall–Kier alpha value is -1.64. The Morgan fingerprint density at radius 2 is 2.21 bits per heavy atom. The molecule has 1 aliphatic carbocycles. The zero-order valence-electron chi connectivity index (χ0n) is 13.8. The molecule has 24 heavy (non-hydrogen) atoms. The first kappa shape index (κ1) is 17.2. The van der Waals surface area contributed by atoms with Gasteiger partial charge in [-0.05, 0) is 37.8 Å². The van der Waals surface area contributed by atoms with E-state index in [9.17, 15) is 8.42 Å². The largest absolute Gasteiger partial charge is 0.460 e. The van der Waals surface area contributed by atoms with Crippen molar-refractivity contribution in [1.82, 2.24) is 20.2 Å². The van der Waals surface area contributed by atoms with E-state index < -0.39 is 10.0 Å². The molecule has 1 fully saturated rings. The molecule has 1 saturated carbocycles. The lowest BCUT2D eigenvalue weighted by atomic mass is 9.86. The first-order valence-corrected chi connectivity index (χ1v) is 9.96. The molecule has 0 aliphatic heterocycles. The second-order valence-electron chi connectivity index (χ2n) is 6.32. The second kappa shape index (κ2) is 7.50. The summed E-state index contributed by atoms with van der Waals surface area (Å²) in [5.74, 6) is 2.17.